The Kier molecular flexibility index (Phi) is 3.15. The summed E-state index contributed by atoms with van der Waals surface area (Å²) in [5, 5.41) is 1.16. The molecular weight excluding hydrogens is 240 g/mol. The molecule has 0 aliphatic heterocycles. The normalized spacial score (nSPS) is 10.5. The van der Waals surface area contributed by atoms with Crippen LogP contribution in [0.4, 0.5) is 5.69 Å². The number of nitrogen functional groups attached to an aromatic ring is 1. The van der Waals surface area contributed by atoms with Gasteiger partial charge < -0.3 is 10.5 Å². The minimum absolute atomic E-state index is 0.265. The molecule has 5 heteroatoms. The number of nitrogens with zero attached hydrogens (tertiary/aromatic N) is 1. The molecule has 0 radical (unpaired) electrons. The summed E-state index contributed by atoms with van der Waals surface area (Å²) in [6, 6.07) is 5.25. The molecule has 0 amide bonds. The highest BCUT2D eigenvalue weighted by molar-refractivity contribution is 6.35. The smallest absolute Gasteiger partial charge is 0.341 e. The average molecular weight is 251 g/mol. The highest BCUT2D eigenvalue weighted by Crippen LogP contribution is 2.28. The summed E-state index contributed by atoms with van der Waals surface area (Å²) in [4.78, 5) is 15.8. The summed E-state index contributed by atoms with van der Waals surface area (Å²) in [5.41, 5.74) is 7.11. The van der Waals surface area contributed by atoms with E-state index < -0.39 is 5.97 Å². The average Bonchev–Trinajstić information content (AvgIpc) is 2.31. The van der Waals surface area contributed by atoms with Crippen molar-refractivity contribution < 1.29 is 9.53 Å². The molecule has 1 aromatic carbocycles. The molecule has 2 aromatic rings. The third kappa shape index (κ3) is 2.03. The van der Waals surface area contributed by atoms with Gasteiger partial charge in [-0.05, 0) is 13.0 Å². The third-order valence-electron chi connectivity index (χ3n) is 2.39. The second-order valence-electron chi connectivity index (χ2n) is 3.44. The number of halogens is 1. The molecule has 17 heavy (non-hydrogen) atoms. The van der Waals surface area contributed by atoms with E-state index in [1.54, 1.807) is 25.1 Å². The number of nitrogens with two attached hydrogens (primary N) is 1. The molecule has 0 bridgehead atoms. The zero-order valence-corrected chi connectivity index (χ0v) is 9.99. The number of fused-ring (bicyclic) bond motifs is 1. The molecule has 88 valence electrons. The summed E-state index contributed by atoms with van der Waals surface area (Å²) >= 11 is 5.99. The quantitative estimate of drug-likeness (QED) is 0.832. The number of carbonyl (C=O) groups is 1. The van der Waals surface area contributed by atoms with E-state index in [1.807, 2.05) is 0 Å². The monoisotopic (exact) mass is 250 g/mol. The van der Waals surface area contributed by atoms with Crippen LogP contribution < -0.4 is 5.73 Å². The molecule has 0 saturated heterocycles. The molecule has 0 spiro atoms. The van der Waals surface area contributed by atoms with E-state index in [4.69, 9.17) is 22.1 Å². The van der Waals surface area contributed by atoms with Crippen LogP contribution in [0.25, 0.3) is 10.9 Å². The largest absolute Gasteiger partial charge is 0.462 e. The molecule has 2 rings (SSSR count). The number of anilines is 1. The summed E-state index contributed by atoms with van der Waals surface area (Å²) in [5.74, 6) is -0.473. The van der Waals surface area contributed by atoms with E-state index in [1.165, 1.54) is 6.20 Å². The standard InChI is InChI=1S/C12H11ClN2O2/c1-2-17-12(16)8-6-15-11-7(10(8)14)4-3-5-9(11)13/h3-6H,2H2,1H3,(H2,14,15). The van der Waals surface area contributed by atoms with Gasteiger partial charge in [0.15, 0.2) is 0 Å². The van der Waals surface area contributed by atoms with Crippen molar-refractivity contribution in [1.82, 2.24) is 4.98 Å². The van der Waals surface area contributed by atoms with E-state index in [0.717, 1.165) is 0 Å². The number of benzene rings is 1. The Bertz CT molecular complexity index is 584. The zero-order valence-electron chi connectivity index (χ0n) is 9.24. The van der Waals surface area contributed by atoms with Gasteiger partial charge in [0.05, 0.1) is 22.8 Å². The third-order valence-corrected chi connectivity index (χ3v) is 2.69. The maximum absolute atomic E-state index is 11.6. The Hall–Kier alpha value is -1.81. The first kappa shape index (κ1) is 11.7. The van der Waals surface area contributed by atoms with Gasteiger partial charge in [-0.2, -0.15) is 0 Å². The zero-order chi connectivity index (χ0) is 12.4. The van der Waals surface area contributed by atoms with Crippen molar-refractivity contribution in [2.45, 2.75) is 6.92 Å². The van der Waals surface area contributed by atoms with Crippen molar-refractivity contribution in [3.63, 3.8) is 0 Å². The van der Waals surface area contributed by atoms with Gasteiger partial charge in [-0.15, -0.1) is 0 Å². The molecule has 0 atom stereocenters. The number of ether oxygens (including phenoxy) is 1. The van der Waals surface area contributed by atoms with Crippen LogP contribution in [0.15, 0.2) is 24.4 Å². The van der Waals surface area contributed by atoms with Gasteiger partial charge in [0.25, 0.3) is 0 Å². The lowest BCUT2D eigenvalue weighted by Gasteiger charge is -2.08. The number of aromatic nitrogens is 1. The van der Waals surface area contributed by atoms with Crippen molar-refractivity contribution in [3.8, 4) is 0 Å². The Labute approximate surface area is 103 Å². The van der Waals surface area contributed by atoms with Crippen LogP contribution in [0.5, 0.6) is 0 Å². The molecule has 4 nitrogen and oxygen atoms in total. The van der Waals surface area contributed by atoms with Crippen LogP contribution in [-0.2, 0) is 4.74 Å². The molecule has 2 N–H and O–H groups in total. The first-order chi connectivity index (χ1) is 8.15. The van der Waals surface area contributed by atoms with E-state index in [2.05, 4.69) is 4.98 Å². The number of rotatable bonds is 2. The van der Waals surface area contributed by atoms with Crippen molar-refractivity contribution in [2.75, 3.05) is 12.3 Å². The first-order valence-electron chi connectivity index (χ1n) is 5.15. The van der Waals surface area contributed by atoms with Crippen LogP contribution in [0, 0.1) is 0 Å². The maximum Gasteiger partial charge on any atom is 0.341 e. The predicted octanol–water partition coefficient (Wildman–Crippen LogP) is 2.65. The van der Waals surface area contributed by atoms with Crippen LogP contribution >= 0.6 is 11.6 Å². The van der Waals surface area contributed by atoms with Gasteiger partial charge in [-0.25, -0.2) is 4.79 Å². The lowest BCUT2D eigenvalue weighted by molar-refractivity contribution is 0.0527. The molecule has 0 aliphatic rings. The number of esters is 1. The topological polar surface area (TPSA) is 65.2 Å². The Balaban J connectivity index is 2.62. The number of hydrogen-bond acceptors (Lipinski definition) is 4. The summed E-state index contributed by atoms with van der Waals surface area (Å²) < 4.78 is 4.90. The minimum Gasteiger partial charge on any atom is -0.462 e. The van der Waals surface area contributed by atoms with Crippen molar-refractivity contribution in [2.24, 2.45) is 0 Å². The molecule has 1 heterocycles. The van der Waals surface area contributed by atoms with Crippen molar-refractivity contribution in [3.05, 3.63) is 35.0 Å². The second-order valence-corrected chi connectivity index (χ2v) is 3.85. The van der Waals surface area contributed by atoms with E-state index in [9.17, 15) is 4.79 Å². The van der Waals surface area contributed by atoms with Gasteiger partial charge in [-0.3, -0.25) is 4.98 Å². The van der Waals surface area contributed by atoms with Crippen molar-refractivity contribution in [1.29, 1.82) is 0 Å². The van der Waals surface area contributed by atoms with Crippen LogP contribution in [0.1, 0.15) is 17.3 Å². The second kappa shape index (κ2) is 4.59. The van der Waals surface area contributed by atoms with Crippen LogP contribution in [0.3, 0.4) is 0 Å². The van der Waals surface area contributed by atoms with Crippen molar-refractivity contribution >= 4 is 34.2 Å². The maximum atomic E-state index is 11.6. The van der Waals surface area contributed by atoms with Gasteiger partial charge in [0, 0.05) is 11.6 Å². The number of pyridine rings is 1. The summed E-state index contributed by atoms with van der Waals surface area (Å²) in [6.07, 6.45) is 1.39. The van der Waals surface area contributed by atoms with Crippen LogP contribution in [0.2, 0.25) is 5.02 Å². The molecule has 0 fully saturated rings. The van der Waals surface area contributed by atoms with Gasteiger partial charge in [-0.1, -0.05) is 23.7 Å². The highest BCUT2D eigenvalue weighted by atomic mass is 35.5. The number of carbonyl (C=O) groups excluding carboxylic acids is 1. The van der Waals surface area contributed by atoms with E-state index in [-0.39, 0.29) is 5.56 Å². The molecular formula is C12H11ClN2O2. The minimum atomic E-state index is -0.473. The fourth-order valence-electron chi connectivity index (χ4n) is 1.58. The fraction of sp³-hybridized carbons (Fsp3) is 0.167. The molecule has 0 saturated carbocycles. The van der Waals surface area contributed by atoms with E-state index in [0.29, 0.717) is 28.2 Å². The lowest BCUT2D eigenvalue weighted by Crippen LogP contribution is -2.09. The Morgan fingerprint density at radius 2 is 2.29 bits per heavy atom. The van der Waals surface area contributed by atoms with Gasteiger partial charge >= 0.3 is 5.97 Å². The number of hydrogen-bond donors (Lipinski definition) is 1. The summed E-state index contributed by atoms with van der Waals surface area (Å²) in [6.45, 7) is 2.03. The Morgan fingerprint density at radius 3 is 3.00 bits per heavy atom. The Morgan fingerprint density at radius 1 is 1.53 bits per heavy atom. The predicted molar refractivity (Wildman–Crippen MR) is 67.1 cm³/mol. The van der Waals surface area contributed by atoms with Crippen LogP contribution in [-0.4, -0.2) is 17.6 Å². The lowest BCUT2D eigenvalue weighted by atomic mass is 10.1. The molecule has 0 unspecified atom stereocenters. The number of para-hydroxylation sites is 1. The van der Waals surface area contributed by atoms with Gasteiger partial charge in [0.1, 0.15) is 5.56 Å². The van der Waals surface area contributed by atoms with Gasteiger partial charge in [0.2, 0.25) is 0 Å². The first-order valence-corrected chi connectivity index (χ1v) is 5.52. The fourth-order valence-corrected chi connectivity index (χ4v) is 1.80. The molecule has 0 aliphatic carbocycles. The SMILES string of the molecule is CCOC(=O)c1cnc2c(Cl)cccc2c1N. The van der Waals surface area contributed by atoms with E-state index >= 15 is 0 Å². The molecule has 1 aromatic heterocycles. The summed E-state index contributed by atoms with van der Waals surface area (Å²) in [7, 11) is 0. The highest BCUT2D eigenvalue weighted by Gasteiger charge is 2.14.